The fourth-order valence-electron chi connectivity index (χ4n) is 4.60. The first-order valence-electron chi connectivity index (χ1n) is 15.0. The maximum atomic E-state index is 13.6. The van der Waals surface area contributed by atoms with E-state index in [9.17, 15) is 19.2 Å². The molecule has 3 N–H and O–H groups in total. The maximum Gasteiger partial charge on any atom is 0.408 e. The Hall–Kier alpha value is -4.36. The first-order valence-corrected chi connectivity index (χ1v) is 16.2. The van der Waals surface area contributed by atoms with Crippen molar-refractivity contribution in [2.45, 2.75) is 64.4 Å². The lowest BCUT2D eigenvalue weighted by Gasteiger charge is -2.29. The van der Waals surface area contributed by atoms with Gasteiger partial charge in [-0.3, -0.25) is 14.4 Å². The van der Waals surface area contributed by atoms with Crippen molar-refractivity contribution >= 4 is 41.4 Å². The molecule has 1 fully saturated rings. The van der Waals surface area contributed by atoms with Crippen molar-refractivity contribution in [3.8, 4) is 0 Å². The molecule has 0 saturated carbocycles. The van der Waals surface area contributed by atoms with Crippen molar-refractivity contribution in [3.05, 3.63) is 84.3 Å². The molecule has 1 aliphatic heterocycles. The fraction of sp³-hybridized carbons (Fsp3) is 0.424. The molecule has 0 spiro atoms. The van der Waals surface area contributed by atoms with Crippen molar-refractivity contribution in [1.82, 2.24) is 25.1 Å². The fourth-order valence-corrected chi connectivity index (χ4v) is 5.56. The topological polar surface area (TPSA) is 144 Å². The van der Waals surface area contributed by atoms with Crippen LogP contribution in [0.1, 0.15) is 51.8 Å². The van der Waals surface area contributed by atoms with E-state index in [0.717, 1.165) is 16.9 Å². The van der Waals surface area contributed by atoms with Gasteiger partial charge in [-0.1, -0.05) is 60.7 Å². The van der Waals surface area contributed by atoms with E-state index >= 15 is 0 Å². The Kier molecular flexibility index (Phi) is 11.5. The molecule has 1 aliphatic rings. The molecule has 1 unspecified atom stereocenters. The number of imidazole rings is 1. The Labute approximate surface area is 273 Å². The molecule has 3 aromatic rings. The summed E-state index contributed by atoms with van der Waals surface area (Å²) in [6, 6.07) is 17.0. The van der Waals surface area contributed by atoms with Crippen molar-refractivity contribution in [2.75, 3.05) is 30.1 Å². The molecule has 4 rings (SSSR count). The van der Waals surface area contributed by atoms with E-state index in [0.29, 0.717) is 12.4 Å². The van der Waals surface area contributed by atoms with Gasteiger partial charge in [0.25, 0.3) is 11.8 Å². The van der Waals surface area contributed by atoms with Gasteiger partial charge in [-0.15, -0.1) is 11.8 Å². The van der Waals surface area contributed by atoms with E-state index in [-0.39, 0.29) is 24.9 Å². The molecule has 1 saturated heterocycles. The van der Waals surface area contributed by atoms with Crippen molar-refractivity contribution in [1.29, 1.82) is 0 Å². The minimum absolute atomic E-state index is 0.0642. The van der Waals surface area contributed by atoms with Gasteiger partial charge in [0.2, 0.25) is 5.91 Å². The van der Waals surface area contributed by atoms with Crippen molar-refractivity contribution in [2.24, 2.45) is 0 Å². The van der Waals surface area contributed by atoms with Crippen LogP contribution >= 0.6 is 11.8 Å². The maximum absolute atomic E-state index is 13.6. The summed E-state index contributed by atoms with van der Waals surface area (Å²) >= 11 is 1.70. The molecule has 46 heavy (non-hydrogen) atoms. The number of benzene rings is 2. The highest BCUT2D eigenvalue weighted by molar-refractivity contribution is 7.99. The van der Waals surface area contributed by atoms with E-state index in [1.807, 2.05) is 65.6 Å². The van der Waals surface area contributed by atoms with Crippen molar-refractivity contribution < 1.29 is 28.7 Å². The van der Waals surface area contributed by atoms with Gasteiger partial charge in [-0.05, 0) is 45.7 Å². The Balaban J connectivity index is 1.49. The summed E-state index contributed by atoms with van der Waals surface area (Å²) in [4.78, 5) is 59.0. The zero-order chi connectivity index (χ0) is 33.3. The minimum atomic E-state index is -1.42. The van der Waals surface area contributed by atoms with Crippen LogP contribution < -0.4 is 16.0 Å². The van der Waals surface area contributed by atoms with Crippen LogP contribution in [0.4, 0.5) is 10.6 Å². The zero-order valence-electron chi connectivity index (χ0n) is 26.8. The van der Waals surface area contributed by atoms with Gasteiger partial charge in [0, 0.05) is 18.5 Å². The predicted molar refractivity (Wildman–Crippen MR) is 176 cm³/mol. The first-order chi connectivity index (χ1) is 21.8. The number of aromatic nitrogens is 2. The highest BCUT2D eigenvalue weighted by Crippen LogP contribution is 2.26. The van der Waals surface area contributed by atoms with E-state index in [4.69, 9.17) is 9.47 Å². The van der Waals surface area contributed by atoms with Crippen LogP contribution in [0.15, 0.2) is 73.2 Å². The van der Waals surface area contributed by atoms with Crippen LogP contribution in [0.5, 0.6) is 0 Å². The molecule has 0 radical (unpaired) electrons. The quantitative estimate of drug-likeness (QED) is 0.268. The number of hydrogen-bond donors (Lipinski definition) is 3. The minimum Gasteiger partial charge on any atom is -0.444 e. The van der Waals surface area contributed by atoms with Gasteiger partial charge in [0.1, 0.15) is 23.2 Å². The van der Waals surface area contributed by atoms with E-state index < -0.39 is 41.1 Å². The monoisotopic (exact) mass is 650 g/mol. The Morgan fingerprint density at radius 2 is 1.65 bits per heavy atom. The smallest absolute Gasteiger partial charge is 0.408 e. The summed E-state index contributed by atoms with van der Waals surface area (Å²) in [5, 5.41) is 8.00. The average Bonchev–Trinajstić information content (AvgIpc) is 3.69. The van der Waals surface area contributed by atoms with Crippen molar-refractivity contribution in [3.63, 3.8) is 0 Å². The first kappa shape index (κ1) is 34.5. The van der Waals surface area contributed by atoms with Gasteiger partial charge in [0.15, 0.2) is 5.82 Å². The standard InChI is InChI=1S/C33H42N6O6S/c1-32(2,3)45-31(43)37-33(4,5)30(42)35-25(20-44-19-23-12-8-6-9-13-23)28(40)36-26-18-39(21-34-26)27(24-14-10-7-11-15-24)29(41)38-16-17-46-22-38/h6-15,18,21,25,27H,16-17,19-20,22H2,1-5H3,(H,35,42)(H,36,40)(H,37,43)/t25-,27?/m1/s1. The van der Waals surface area contributed by atoms with Crippen LogP contribution in [-0.4, -0.2) is 80.2 Å². The molecule has 2 heterocycles. The zero-order valence-corrected chi connectivity index (χ0v) is 27.6. The van der Waals surface area contributed by atoms with E-state index in [1.165, 1.54) is 20.2 Å². The number of thioether (sulfide) groups is 1. The number of ether oxygens (including phenoxy) is 2. The molecule has 4 amide bonds. The molecule has 0 aliphatic carbocycles. The second-order valence-electron chi connectivity index (χ2n) is 12.4. The third kappa shape index (κ3) is 9.82. The third-order valence-electron chi connectivity index (χ3n) is 6.96. The van der Waals surface area contributed by atoms with Crippen LogP contribution in [-0.2, 0) is 30.5 Å². The second-order valence-corrected chi connectivity index (χ2v) is 13.5. The number of rotatable bonds is 12. The van der Waals surface area contributed by atoms with E-state index in [1.54, 1.807) is 43.3 Å². The van der Waals surface area contributed by atoms with Crippen LogP contribution in [0.2, 0.25) is 0 Å². The summed E-state index contributed by atoms with van der Waals surface area (Å²) < 4.78 is 12.8. The Bertz CT molecular complexity index is 1490. The summed E-state index contributed by atoms with van der Waals surface area (Å²) in [6.07, 6.45) is 2.32. The molecule has 2 atom stereocenters. The van der Waals surface area contributed by atoms with Gasteiger partial charge < -0.3 is 34.9 Å². The molecule has 13 heteroatoms. The number of carbonyl (C=O) groups excluding carboxylic acids is 4. The SMILES string of the molecule is CC(C)(C)OC(=O)NC(C)(C)C(=O)N[C@H](COCc1ccccc1)C(=O)Nc1cn(C(C(=O)N2CCSC2)c2ccccc2)cn1. The average molecular weight is 651 g/mol. The lowest BCUT2D eigenvalue weighted by atomic mass is 10.0. The van der Waals surface area contributed by atoms with E-state index in [2.05, 4.69) is 20.9 Å². The molecular formula is C33H42N6O6S. The summed E-state index contributed by atoms with van der Waals surface area (Å²) in [5.41, 5.74) is -0.491. The normalized spacial score (nSPS) is 14.7. The highest BCUT2D eigenvalue weighted by atomic mass is 32.2. The third-order valence-corrected chi connectivity index (χ3v) is 7.93. The molecular weight excluding hydrogens is 608 g/mol. The molecule has 1 aromatic heterocycles. The van der Waals surface area contributed by atoms with Gasteiger partial charge in [0.05, 0.1) is 25.4 Å². The number of anilines is 1. The Morgan fingerprint density at radius 1 is 0.978 bits per heavy atom. The summed E-state index contributed by atoms with van der Waals surface area (Å²) in [7, 11) is 0. The molecule has 12 nitrogen and oxygen atoms in total. The van der Waals surface area contributed by atoms with Crippen LogP contribution in [0.25, 0.3) is 0 Å². The van der Waals surface area contributed by atoms with Gasteiger partial charge in [-0.25, -0.2) is 9.78 Å². The summed E-state index contributed by atoms with van der Waals surface area (Å²) in [6.45, 7) is 8.88. The lowest BCUT2D eigenvalue weighted by molar-refractivity contribution is -0.132. The number of hydrogen-bond acceptors (Lipinski definition) is 8. The number of nitrogens with zero attached hydrogens (tertiary/aromatic N) is 3. The Morgan fingerprint density at radius 3 is 2.28 bits per heavy atom. The molecule has 246 valence electrons. The van der Waals surface area contributed by atoms with Gasteiger partial charge in [-0.2, -0.15) is 0 Å². The van der Waals surface area contributed by atoms with Crippen LogP contribution in [0, 0.1) is 0 Å². The number of carbonyl (C=O) groups is 4. The van der Waals surface area contributed by atoms with Crippen LogP contribution in [0.3, 0.4) is 0 Å². The summed E-state index contributed by atoms with van der Waals surface area (Å²) in [5.74, 6) is 0.420. The largest absolute Gasteiger partial charge is 0.444 e. The molecule has 2 aromatic carbocycles. The predicted octanol–water partition coefficient (Wildman–Crippen LogP) is 3.95. The molecule has 0 bridgehead atoms. The number of alkyl carbamates (subject to hydrolysis) is 1. The second kappa shape index (κ2) is 15.3. The number of nitrogens with one attached hydrogen (secondary N) is 3. The number of amides is 4. The van der Waals surface area contributed by atoms with Gasteiger partial charge >= 0.3 is 6.09 Å². The lowest BCUT2D eigenvalue weighted by Crippen LogP contribution is -2.59. The highest BCUT2D eigenvalue weighted by Gasteiger charge is 2.35.